The van der Waals surface area contributed by atoms with E-state index in [1.165, 1.54) is 32.4 Å². The predicted octanol–water partition coefficient (Wildman–Crippen LogP) is 1.46. The number of hydrogen-bond donors (Lipinski definition) is 1. The molecular weight excluding hydrogens is 148 g/mol. The molecule has 2 unspecified atom stereocenters. The van der Waals surface area contributed by atoms with Gasteiger partial charge < -0.3 is 10.6 Å². The number of nitrogens with zero attached hydrogens (tertiary/aromatic N) is 1. The lowest BCUT2D eigenvalue weighted by molar-refractivity contribution is 0.224. The molecule has 1 aliphatic rings. The van der Waals surface area contributed by atoms with Gasteiger partial charge in [-0.25, -0.2) is 0 Å². The highest BCUT2D eigenvalue weighted by atomic mass is 15.2. The van der Waals surface area contributed by atoms with E-state index in [2.05, 4.69) is 18.7 Å². The molecule has 2 N–H and O–H groups in total. The van der Waals surface area contributed by atoms with Crippen molar-refractivity contribution < 1.29 is 0 Å². The van der Waals surface area contributed by atoms with Crippen molar-refractivity contribution in [1.29, 1.82) is 0 Å². The molecule has 0 saturated carbocycles. The molecular formula is C10H22N2. The Labute approximate surface area is 76.1 Å². The standard InChI is InChI=1S/C10H22N2/c1-3-10(7-11)8-12-6-4-5-9(12)2/h9-10H,3-8,11H2,1-2H3. The fraction of sp³-hybridized carbons (Fsp3) is 1.00. The second-order valence-electron chi connectivity index (χ2n) is 4.00. The van der Waals surface area contributed by atoms with Crippen LogP contribution in [0, 0.1) is 5.92 Å². The van der Waals surface area contributed by atoms with Gasteiger partial charge >= 0.3 is 0 Å². The largest absolute Gasteiger partial charge is 0.330 e. The smallest absolute Gasteiger partial charge is 0.00675 e. The quantitative estimate of drug-likeness (QED) is 0.692. The lowest BCUT2D eigenvalue weighted by Gasteiger charge is -2.25. The zero-order valence-electron chi connectivity index (χ0n) is 8.42. The molecule has 0 bridgehead atoms. The maximum Gasteiger partial charge on any atom is 0.00675 e. The van der Waals surface area contributed by atoms with Crippen LogP contribution in [0.4, 0.5) is 0 Å². The van der Waals surface area contributed by atoms with Crippen molar-refractivity contribution in [1.82, 2.24) is 4.90 Å². The Morgan fingerprint density at radius 3 is 2.75 bits per heavy atom. The topological polar surface area (TPSA) is 29.3 Å². The van der Waals surface area contributed by atoms with Gasteiger partial charge in [-0.3, -0.25) is 0 Å². The van der Waals surface area contributed by atoms with Crippen LogP contribution in [0.2, 0.25) is 0 Å². The van der Waals surface area contributed by atoms with Crippen molar-refractivity contribution in [2.24, 2.45) is 11.7 Å². The van der Waals surface area contributed by atoms with Crippen LogP contribution < -0.4 is 5.73 Å². The summed E-state index contributed by atoms with van der Waals surface area (Å²) in [5.74, 6) is 0.713. The van der Waals surface area contributed by atoms with E-state index < -0.39 is 0 Å². The molecule has 1 rings (SSSR count). The summed E-state index contributed by atoms with van der Waals surface area (Å²) >= 11 is 0. The first-order valence-electron chi connectivity index (χ1n) is 5.22. The Hall–Kier alpha value is -0.0800. The molecule has 0 aromatic heterocycles. The molecule has 2 heteroatoms. The Morgan fingerprint density at radius 2 is 2.33 bits per heavy atom. The van der Waals surface area contributed by atoms with Gasteiger partial charge in [-0.05, 0) is 38.8 Å². The van der Waals surface area contributed by atoms with Gasteiger partial charge in [-0.1, -0.05) is 13.3 Å². The lowest BCUT2D eigenvalue weighted by Crippen LogP contribution is -2.34. The minimum absolute atomic E-state index is 0.713. The highest BCUT2D eigenvalue weighted by Gasteiger charge is 2.21. The van der Waals surface area contributed by atoms with Crippen LogP contribution in [0.15, 0.2) is 0 Å². The first-order chi connectivity index (χ1) is 5.77. The molecule has 12 heavy (non-hydrogen) atoms. The van der Waals surface area contributed by atoms with Crippen molar-refractivity contribution in [3.05, 3.63) is 0 Å². The van der Waals surface area contributed by atoms with Gasteiger partial charge in [-0.2, -0.15) is 0 Å². The molecule has 0 aliphatic carbocycles. The minimum atomic E-state index is 0.713. The van der Waals surface area contributed by atoms with E-state index >= 15 is 0 Å². The Kier molecular flexibility index (Phi) is 4.02. The molecule has 1 fully saturated rings. The monoisotopic (exact) mass is 170 g/mol. The van der Waals surface area contributed by atoms with Crippen LogP contribution in [0.1, 0.15) is 33.1 Å². The average Bonchev–Trinajstić information content (AvgIpc) is 2.47. The summed E-state index contributed by atoms with van der Waals surface area (Å²) in [4.78, 5) is 2.58. The fourth-order valence-corrected chi connectivity index (χ4v) is 1.97. The Bertz CT molecular complexity index is 121. The second kappa shape index (κ2) is 4.83. The summed E-state index contributed by atoms with van der Waals surface area (Å²) in [6.45, 7) is 7.92. The van der Waals surface area contributed by atoms with Crippen LogP contribution in [-0.2, 0) is 0 Å². The van der Waals surface area contributed by atoms with E-state index in [0.29, 0.717) is 5.92 Å². The van der Waals surface area contributed by atoms with Gasteiger partial charge in [0.05, 0.1) is 0 Å². The Morgan fingerprint density at radius 1 is 1.58 bits per heavy atom. The maximum absolute atomic E-state index is 5.68. The van der Waals surface area contributed by atoms with Crippen LogP contribution in [0.5, 0.6) is 0 Å². The molecule has 0 spiro atoms. The van der Waals surface area contributed by atoms with Crippen LogP contribution >= 0.6 is 0 Å². The molecule has 72 valence electrons. The first kappa shape index (κ1) is 10.0. The summed E-state index contributed by atoms with van der Waals surface area (Å²) in [6.07, 6.45) is 3.98. The lowest BCUT2D eigenvalue weighted by atomic mass is 10.1. The average molecular weight is 170 g/mol. The van der Waals surface area contributed by atoms with Crippen molar-refractivity contribution >= 4 is 0 Å². The number of rotatable bonds is 4. The maximum atomic E-state index is 5.68. The molecule has 2 atom stereocenters. The van der Waals surface area contributed by atoms with E-state index in [9.17, 15) is 0 Å². The van der Waals surface area contributed by atoms with Crippen molar-refractivity contribution in [3.63, 3.8) is 0 Å². The van der Waals surface area contributed by atoms with Gasteiger partial charge in [0, 0.05) is 12.6 Å². The number of likely N-dealkylation sites (tertiary alicyclic amines) is 1. The highest BCUT2D eigenvalue weighted by molar-refractivity contribution is 4.77. The summed E-state index contributed by atoms with van der Waals surface area (Å²) < 4.78 is 0. The zero-order valence-corrected chi connectivity index (χ0v) is 8.42. The third kappa shape index (κ3) is 2.46. The van der Waals surface area contributed by atoms with Gasteiger partial charge in [0.2, 0.25) is 0 Å². The molecule has 1 heterocycles. The molecule has 0 amide bonds. The van der Waals surface area contributed by atoms with Crippen LogP contribution in [0.3, 0.4) is 0 Å². The molecule has 0 aromatic rings. The third-order valence-corrected chi connectivity index (χ3v) is 3.09. The summed E-state index contributed by atoms with van der Waals surface area (Å²) in [5, 5.41) is 0. The molecule has 1 saturated heterocycles. The molecule has 2 nitrogen and oxygen atoms in total. The van der Waals surface area contributed by atoms with Gasteiger partial charge in [0.1, 0.15) is 0 Å². The highest BCUT2D eigenvalue weighted by Crippen LogP contribution is 2.18. The third-order valence-electron chi connectivity index (χ3n) is 3.09. The minimum Gasteiger partial charge on any atom is -0.330 e. The zero-order chi connectivity index (χ0) is 8.97. The van der Waals surface area contributed by atoms with E-state index in [-0.39, 0.29) is 0 Å². The summed E-state index contributed by atoms with van der Waals surface area (Å²) in [6, 6.07) is 0.797. The van der Waals surface area contributed by atoms with Gasteiger partial charge in [0.25, 0.3) is 0 Å². The van der Waals surface area contributed by atoms with Crippen molar-refractivity contribution in [3.8, 4) is 0 Å². The van der Waals surface area contributed by atoms with Crippen molar-refractivity contribution in [2.45, 2.75) is 39.2 Å². The van der Waals surface area contributed by atoms with Crippen LogP contribution in [-0.4, -0.2) is 30.6 Å². The SMILES string of the molecule is CCC(CN)CN1CCCC1C. The fourth-order valence-electron chi connectivity index (χ4n) is 1.97. The normalized spacial score (nSPS) is 27.8. The van der Waals surface area contributed by atoms with Gasteiger partial charge in [-0.15, -0.1) is 0 Å². The van der Waals surface area contributed by atoms with E-state index in [1.54, 1.807) is 0 Å². The summed E-state index contributed by atoms with van der Waals surface area (Å²) in [5.41, 5.74) is 5.68. The van der Waals surface area contributed by atoms with E-state index in [0.717, 1.165) is 12.6 Å². The van der Waals surface area contributed by atoms with Crippen molar-refractivity contribution in [2.75, 3.05) is 19.6 Å². The van der Waals surface area contributed by atoms with Crippen LogP contribution in [0.25, 0.3) is 0 Å². The first-order valence-corrected chi connectivity index (χ1v) is 5.22. The van der Waals surface area contributed by atoms with E-state index in [1.807, 2.05) is 0 Å². The molecule has 1 aliphatic heterocycles. The second-order valence-corrected chi connectivity index (χ2v) is 4.00. The number of nitrogens with two attached hydrogens (primary N) is 1. The predicted molar refractivity (Wildman–Crippen MR) is 53.1 cm³/mol. The summed E-state index contributed by atoms with van der Waals surface area (Å²) in [7, 11) is 0. The molecule has 0 aromatic carbocycles. The Balaban J connectivity index is 2.28. The van der Waals surface area contributed by atoms with E-state index in [4.69, 9.17) is 5.73 Å². The molecule has 0 radical (unpaired) electrons. The van der Waals surface area contributed by atoms with Gasteiger partial charge in [0.15, 0.2) is 0 Å². The number of hydrogen-bond acceptors (Lipinski definition) is 2.